The van der Waals surface area contributed by atoms with E-state index in [1.165, 1.54) is 5.56 Å². The molecular weight excluding hydrogens is 302 g/mol. The van der Waals surface area contributed by atoms with Crippen molar-refractivity contribution in [1.29, 1.82) is 0 Å². The third-order valence-corrected chi connectivity index (χ3v) is 3.93. The third-order valence-electron chi connectivity index (χ3n) is 3.93. The molecule has 1 aromatic rings. The zero-order chi connectivity index (χ0) is 18.0. The first kappa shape index (κ1) is 20.1. The molecule has 0 aliphatic rings. The van der Waals surface area contributed by atoms with Crippen LogP contribution in [0.15, 0.2) is 24.3 Å². The van der Waals surface area contributed by atoms with Gasteiger partial charge in [-0.1, -0.05) is 44.7 Å². The van der Waals surface area contributed by atoms with Gasteiger partial charge in [-0.3, -0.25) is 0 Å². The molecule has 1 atom stereocenters. The SMILES string of the molecule is COCCCC#Cc1cccc(C(CCNC(=O)O)C(C)(C)C)c1. The summed E-state index contributed by atoms with van der Waals surface area (Å²) in [5.41, 5.74) is 2.26. The monoisotopic (exact) mass is 331 g/mol. The molecule has 0 spiro atoms. The Morgan fingerprint density at radius 1 is 1.38 bits per heavy atom. The van der Waals surface area contributed by atoms with Gasteiger partial charge < -0.3 is 15.2 Å². The molecule has 4 heteroatoms. The minimum atomic E-state index is -0.974. The Morgan fingerprint density at radius 2 is 2.12 bits per heavy atom. The van der Waals surface area contributed by atoms with Crippen molar-refractivity contribution in [2.75, 3.05) is 20.3 Å². The normalized spacial score (nSPS) is 12.2. The maximum Gasteiger partial charge on any atom is 0.404 e. The summed E-state index contributed by atoms with van der Waals surface area (Å²) >= 11 is 0. The lowest BCUT2D eigenvalue weighted by atomic mass is 9.74. The summed E-state index contributed by atoms with van der Waals surface area (Å²) in [7, 11) is 1.70. The fraction of sp³-hybridized carbons (Fsp3) is 0.550. The largest absolute Gasteiger partial charge is 0.465 e. The number of ether oxygens (including phenoxy) is 1. The van der Waals surface area contributed by atoms with Gasteiger partial charge in [0.05, 0.1) is 0 Å². The average molecular weight is 331 g/mol. The van der Waals surface area contributed by atoms with Crippen molar-refractivity contribution >= 4 is 6.09 Å². The number of amides is 1. The van der Waals surface area contributed by atoms with E-state index in [4.69, 9.17) is 9.84 Å². The third kappa shape index (κ3) is 7.52. The highest BCUT2D eigenvalue weighted by atomic mass is 16.5. The number of methoxy groups -OCH3 is 1. The second-order valence-electron chi connectivity index (χ2n) is 6.96. The van der Waals surface area contributed by atoms with E-state index in [9.17, 15) is 4.79 Å². The van der Waals surface area contributed by atoms with Crippen molar-refractivity contribution in [1.82, 2.24) is 5.32 Å². The Balaban J connectivity index is 2.83. The van der Waals surface area contributed by atoms with Gasteiger partial charge in [-0.25, -0.2) is 4.79 Å². The predicted molar refractivity (Wildman–Crippen MR) is 97.3 cm³/mol. The van der Waals surface area contributed by atoms with E-state index in [1.807, 2.05) is 12.1 Å². The number of hydrogen-bond acceptors (Lipinski definition) is 2. The molecule has 0 heterocycles. The zero-order valence-electron chi connectivity index (χ0n) is 15.2. The number of rotatable bonds is 7. The number of hydrogen-bond donors (Lipinski definition) is 2. The lowest BCUT2D eigenvalue weighted by molar-refractivity contribution is 0.192. The summed E-state index contributed by atoms with van der Waals surface area (Å²) < 4.78 is 5.02. The predicted octanol–water partition coefficient (Wildman–Crippen LogP) is 4.25. The molecule has 132 valence electrons. The summed E-state index contributed by atoms with van der Waals surface area (Å²) in [4.78, 5) is 10.7. The highest BCUT2D eigenvalue weighted by molar-refractivity contribution is 5.64. The Kier molecular flexibility index (Phi) is 8.35. The molecule has 1 amide bonds. The number of carbonyl (C=O) groups is 1. The number of unbranched alkanes of at least 4 members (excludes halogenated alkanes) is 1. The van der Waals surface area contributed by atoms with Gasteiger partial charge in [0.1, 0.15) is 0 Å². The van der Waals surface area contributed by atoms with Crippen LogP contribution in [0, 0.1) is 17.3 Å². The van der Waals surface area contributed by atoms with Crippen LogP contribution in [-0.4, -0.2) is 31.5 Å². The molecule has 1 unspecified atom stereocenters. The summed E-state index contributed by atoms with van der Waals surface area (Å²) in [6.45, 7) is 7.73. The van der Waals surface area contributed by atoms with E-state index in [2.05, 4.69) is 50.1 Å². The summed E-state index contributed by atoms with van der Waals surface area (Å²) in [6, 6.07) is 8.27. The van der Waals surface area contributed by atoms with E-state index < -0.39 is 6.09 Å². The quantitative estimate of drug-likeness (QED) is 0.580. The summed E-state index contributed by atoms with van der Waals surface area (Å²) in [5, 5.41) is 11.2. The number of benzene rings is 1. The van der Waals surface area contributed by atoms with Gasteiger partial charge in [0, 0.05) is 32.2 Å². The maximum absolute atomic E-state index is 10.7. The fourth-order valence-corrected chi connectivity index (χ4v) is 2.73. The summed E-state index contributed by atoms with van der Waals surface area (Å²) in [6.07, 6.45) is 1.55. The van der Waals surface area contributed by atoms with Gasteiger partial charge in [0.2, 0.25) is 0 Å². The molecule has 0 bridgehead atoms. The van der Waals surface area contributed by atoms with Crippen molar-refractivity contribution < 1.29 is 14.6 Å². The number of carboxylic acid groups (broad SMARTS) is 1. The minimum Gasteiger partial charge on any atom is -0.465 e. The lowest BCUT2D eigenvalue weighted by Crippen LogP contribution is -2.27. The van der Waals surface area contributed by atoms with Crippen LogP contribution >= 0.6 is 0 Å². The van der Waals surface area contributed by atoms with Crippen LogP contribution in [0.5, 0.6) is 0 Å². The Labute approximate surface area is 145 Å². The fourth-order valence-electron chi connectivity index (χ4n) is 2.73. The van der Waals surface area contributed by atoms with Crippen LogP contribution in [0.3, 0.4) is 0 Å². The highest BCUT2D eigenvalue weighted by Gasteiger charge is 2.26. The van der Waals surface area contributed by atoms with Crippen molar-refractivity contribution in [3.05, 3.63) is 35.4 Å². The molecule has 24 heavy (non-hydrogen) atoms. The van der Waals surface area contributed by atoms with E-state index in [-0.39, 0.29) is 11.3 Å². The van der Waals surface area contributed by atoms with Crippen LogP contribution in [0.1, 0.15) is 57.1 Å². The van der Waals surface area contributed by atoms with E-state index in [0.29, 0.717) is 6.54 Å². The van der Waals surface area contributed by atoms with Crippen LogP contribution in [0.4, 0.5) is 4.79 Å². The maximum atomic E-state index is 10.7. The van der Waals surface area contributed by atoms with Gasteiger partial charge in [-0.05, 0) is 41.9 Å². The highest BCUT2D eigenvalue weighted by Crippen LogP contribution is 2.37. The molecule has 1 rings (SSSR count). The van der Waals surface area contributed by atoms with Crippen molar-refractivity contribution in [2.24, 2.45) is 5.41 Å². The van der Waals surface area contributed by atoms with Gasteiger partial charge in [0.25, 0.3) is 0 Å². The second-order valence-corrected chi connectivity index (χ2v) is 6.96. The smallest absolute Gasteiger partial charge is 0.404 e. The lowest BCUT2D eigenvalue weighted by Gasteiger charge is -2.31. The Hall–Kier alpha value is -1.99. The Bertz CT molecular complexity index is 579. The molecule has 0 aliphatic carbocycles. The van der Waals surface area contributed by atoms with Crippen molar-refractivity contribution in [2.45, 2.75) is 46.0 Å². The first-order valence-electron chi connectivity index (χ1n) is 8.39. The van der Waals surface area contributed by atoms with Gasteiger partial charge >= 0.3 is 6.09 Å². The van der Waals surface area contributed by atoms with Crippen LogP contribution in [0.2, 0.25) is 0 Å². The molecule has 2 N–H and O–H groups in total. The summed E-state index contributed by atoms with van der Waals surface area (Å²) in [5.74, 6) is 6.65. The molecule has 4 nitrogen and oxygen atoms in total. The topological polar surface area (TPSA) is 58.6 Å². The molecule has 0 saturated heterocycles. The van der Waals surface area contributed by atoms with Crippen molar-refractivity contribution in [3.63, 3.8) is 0 Å². The van der Waals surface area contributed by atoms with E-state index >= 15 is 0 Å². The molecule has 0 aromatic heterocycles. The zero-order valence-corrected chi connectivity index (χ0v) is 15.2. The molecule has 0 aliphatic heterocycles. The van der Waals surface area contributed by atoms with Crippen LogP contribution < -0.4 is 5.32 Å². The molecule has 1 aromatic carbocycles. The first-order valence-corrected chi connectivity index (χ1v) is 8.39. The standard InChI is InChI=1S/C20H29NO3/c1-20(2,3)18(12-13-21-19(22)23)17-11-8-10-16(15-17)9-6-5-7-14-24-4/h8,10-11,15,18,21H,5,7,12-14H2,1-4H3,(H,22,23). The second kappa shape index (κ2) is 10.00. The average Bonchev–Trinajstić information content (AvgIpc) is 2.50. The van der Waals surface area contributed by atoms with Crippen LogP contribution in [0.25, 0.3) is 0 Å². The minimum absolute atomic E-state index is 0.0463. The molecule has 0 saturated carbocycles. The van der Waals surface area contributed by atoms with Gasteiger partial charge in [-0.15, -0.1) is 0 Å². The van der Waals surface area contributed by atoms with E-state index in [1.54, 1.807) is 7.11 Å². The van der Waals surface area contributed by atoms with Crippen LogP contribution in [-0.2, 0) is 4.74 Å². The first-order chi connectivity index (χ1) is 11.3. The van der Waals surface area contributed by atoms with Gasteiger partial charge in [-0.2, -0.15) is 0 Å². The molecule has 0 radical (unpaired) electrons. The molecular formula is C20H29NO3. The number of nitrogens with one attached hydrogen (secondary N) is 1. The van der Waals surface area contributed by atoms with Gasteiger partial charge in [0.15, 0.2) is 0 Å². The molecule has 0 fully saturated rings. The van der Waals surface area contributed by atoms with E-state index in [0.717, 1.165) is 31.4 Å². The Morgan fingerprint density at radius 3 is 2.75 bits per heavy atom. The van der Waals surface area contributed by atoms with Crippen molar-refractivity contribution in [3.8, 4) is 11.8 Å².